The van der Waals surface area contributed by atoms with E-state index in [1.54, 1.807) is 58.0 Å². The number of carbonyl (C=O) groups excluding carboxylic acids is 4. The number of likely N-dealkylation sites (N-methyl/N-ethyl adjacent to an activating group) is 1. The lowest BCUT2D eigenvalue weighted by Crippen LogP contribution is -2.64. The normalized spacial score (nSPS) is 14.1. The molecule has 0 unspecified atom stereocenters. The minimum absolute atomic E-state index is 0.0199. The van der Waals surface area contributed by atoms with Crippen LogP contribution in [0.25, 0.3) is 0 Å². The number of ether oxygens (including phenoxy) is 1. The van der Waals surface area contributed by atoms with Crippen molar-refractivity contribution in [3.8, 4) is 5.75 Å². The number of amides is 6. The van der Waals surface area contributed by atoms with Gasteiger partial charge in [0.25, 0.3) is 0 Å². The van der Waals surface area contributed by atoms with E-state index < -0.39 is 18.0 Å². The second-order valence-electron chi connectivity index (χ2n) is 14.0. The van der Waals surface area contributed by atoms with Crippen LogP contribution in [0.15, 0.2) is 78.9 Å². The molecule has 3 aromatic carbocycles. The molecule has 1 atom stereocenters. The first-order valence-electron chi connectivity index (χ1n) is 19.4. The summed E-state index contributed by atoms with van der Waals surface area (Å²) < 4.78 is 5.53. The average Bonchev–Trinajstić information content (AvgIpc) is 3.19. The molecule has 2 N–H and O–H groups in total. The molecule has 0 bridgehead atoms. The third-order valence-corrected chi connectivity index (χ3v) is 10.1. The van der Waals surface area contributed by atoms with Crippen LogP contribution in [-0.4, -0.2) is 121 Å². The van der Waals surface area contributed by atoms with Crippen LogP contribution in [0, 0.1) is 0 Å². The summed E-state index contributed by atoms with van der Waals surface area (Å²) in [6.07, 6.45) is 5.94. The first-order valence-corrected chi connectivity index (χ1v) is 19.8. The van der Waals surface area contributed by atoms with Gasteiger partial charge in [0.1, 0.15) is 11.8 Å². The number of para-hydroxylation sites is 2. The second kappa shape index (κ2) is 21.9. The van der Waals surface area contributed by atoms with Crippen molar-refractivity contribution in [1.82, 2.24) is 24.5 Å². The average molecular weight is 776 g/mol. The van der Waals surface area contributed by atoms with Gasteiger partial charge in [0.2, 0.25) is 11.8 Å². The van der Waals surface area contributed by atoms with Crippen molar-refractivity contribution in [3.63, 3.8) is 0 Å². The van der Waals surface area contributed by atoms with E-state index in [2.05, 4.69) is 13.8 Å². The zero-order valence-electron chi connectivity index (χ0n) is 32.9. The van der Waals surface area contributed by atoms with Crippen molar-refractivity contribution in [1.29, 1.82) is 0 Å². The molecule has 0 radical (unpaired) electrons. The third-order valence-electron chi connectivity index (χ3n) is 9.88. The van der Waals surface area contributed by atoms with E-state index in [1.165, 1.54) is 0 Å². The SMILES string of the molecule is CCCCCN(CCCCC)C(=O)N1CCN(C(=O)N(c2ccccc2)c2cccc(Cl)c2)[C@H](C(=O)N(C)CCN(CC(N)=O)Cc2ccccc2OC)C1. The van der Waals surface area contributed by atoms with E-state index in [1.807, 2.05) is 64.4 Å². The molecule has 6 amide bonds. The van der Waals surface area contributed by atoms with Crippen LogP contribution < -0.4 is 15.4 Å². The molecule has 0 aliphatic carbocycles. The van der Waals surface area contributed by atoms with Crippen LogP contribution in [-0.2, 0) is 16.1 Å². The lowest BCUT2D eigenvalue weighted by atomic mass is 10.1. The largest absolute Gasteiger partial charge is 0.496 e. The first kappa shape index (κ1) is 42.9. The molecule has 1 aliphatic heterocycles. The summed E-state index contributed by atoms with van der Waals surface area (Å²) in [4.78, 5) is 66.0. The number of rotatable bonds is 19. The molecule has 1 fully saturated rings. The van der Waals surface area contributed by atoms with Crippen LogP contribution in [0.5, 0.6) is 5.75 Å². The molecule has 298 valence electrons. The Bertz CT molecular complexity index is 1690. The highest BCUT2D eigenvalue weighted by Crippen LogP contribution is 2.30. The fraction of sp³-hybridized carbons (Fsp3) is 0.476. The number of nitrogens with two attached hydrogens (primary N) is 1. The number of urea groups is 2. The minimum atomic E-state index is -0.979. The van der Waals surface area contributed by atoms with Gasteiger partial charge in [0.15, 0.2) is 0 Å². The Hall–Kier alpha value is -4.81. The van der Waals surface area contributed by atoms with Gasteiger partial charge in [-0.15, -0.1) is 0 Å². The molecular formula is C42H58ClN7O5. The number of methoxy groups -OCH3 is 1. The maximum atomic E-state index is 14.8. The number of hydrogen-bond donors (Lipinski definition) is 1. The molecule has 1 saturated heterocycles. The Morgan fingerprint density at radius 2 is 1.45 bits per heavy atom. The van der Waals surface area contributed by atoms with E-state index in [0.29, 0.717) is 48.3 Å². The van der Waals surface area contributed by atoms with E-state index in [9.17, 15) is 19.2 Å². The van der Waals surface area contributed by atoms with E-state index >= 15 is 0 Å². The van der Waals surface area contributed by atoms with Crippen LogP contribution in [0.3, 0.4) is 0 Å². The Labute approximate surface area is 331 Å². The van der Waals surface area contributed by atoms with Crippen molar-refractivity contribution in [2.24, 2.45) is 5.73 Å². The molecule has 0 saturated carbocycles. The topological polar surface area (TPSA) is 123 Å². The number of piperazine rings is 1. The van der Waals surface area contributed by atoms with Crippen molar-refractivity contribution < 1.29 is 23.9 Å². The number of carbonyl (C=O) groups is 4. The number of primary amides is 1. The van der Waals surface area contributed by atoms with Gasteiger partial charge < -0.3 is 30.1 Å². The zero-order chi connectivity index (χ0) is 39.7. The van der Waals surface area contributed by atoms with Gasteiger partial charge in [0.05, 0.1) is 31.6 Å². The van der Waals surface area contributed by atoms with Crippen LogP contribution in [0.1, 0.15) is 57.9 Å². The monoisotopic (exact) mass is 775 g/mol. The van der Waals surface area contributed by atoms with Crippen molar-refractivity contribution in [2.75, 3.05) is 71.4 Å². The predicted molar refractivity (Wildman–Crippen MR) is 219 cm³/mol. The van der Waals surface area contributed by atoms with Gasteiger partial charge in [-0.2, -0.15) is 0 Å². The fourth-order valence-electron chi connectivity index (χ4n) is 6.86. The van der Waals surface area contributed by atoms with Crippen LogP contribution >= 0.6 is 11.6 Å². The molecule has 3 aromatic rings. The summed E-state index contributed by atoms with van der Waals surface area (Å²) in [5.41, 5.74) is 7.69. The summed E-state index contributed by atoms with van der Waals surface area (Å²) in [6.45, 7) is 6.96. The molecule has 55 heavy (non-hydrogen) atoms. The van der Waals surface area contributed by atoms with E-state index in [0.717, 1.165) is 44.1 Å². The molecule has 1 aliphatic rings. The standard InChI is InChI=1S/C42H58ClN7O5/c1-5-7-14-23-47(24-15-8-6-2)41(53)48-27-28-49(42(54)50(35-19-10-9-11-20-35)36-21-16-18-34(43)29-36)37(31-48)40(52)45(3)25-26-46(32-39(44)51)30-33-17-12-13-22-38(33)55-4/h9-13,16-22,29,37H,5-8,14-15,23-28,30-32H2,1-4H3,(H2,44,51)/t37-/m0/s1. The molecule has 0 spiro atoms. The number of hydrogen-bond acceptors (Lipinski definition) is 6. The molecule has 12 nitrogen and oxygen atoms in total. The van der Waals surface area contributed by atoms with Gasteiger partial charge >= 0.3 is 12.1 Å². The number of benzene rings is 3. The highest BCUT2D eigenvalue weighted by molar-refractivity contribution is 6.31. The highest BCUT2D eigenvalue weighted by Gasteiger charge is 2.41. The summed E-state index contributed by atoms with van der Waals surface area (Å²) in [5, 5.41) is 0.467. The van der Waals surface area contributed by atoms with Crippen molar-refractivity contribution in [3.05, 3.63) is 89.4 Å². The van der Waals surface area contributed by atoms with Gasteiger partial charge in [-0.1, -0.05) is 93.6 Å². The fourth-order valence-corrected chi connectivity index (χ4v) is 7.05. The lowest BCUT2D eigenvalue weighted by molar-refractivity contribution is -0.136. The summed E-state index contributed by atoms with van der Waals surface area (Å²) in [6, 6.07) is 22.3. The maximum Gasteiger partial charge on any atom is 0.329 e. The van der Waals surface area contributed by atoms with Gasteiger partial charge in [0, 0.05) is 63.4 Å². The lowest BCUT2D eigenvalue weighted by Gasteiger charge is -2.44. The number of nitrogens with zero attached hydrogens (tertiary/aromatic N) is 6. The predicted octanol–water partition coefficient (Wildman–Crippen LogP) is 6.84. The minimum Gasteiger partial charge on any atom is -0.496 e. The smallest absolute Gasteiger partial charge is 0.329 e. The molecule has 13 heteroatoms. The number of halogens is 1. The van der Waals surface area contributed by atoms with Crippen molar-refractivity contribution in [2.45, 2.75) is 65.0 Å². The number of unbranched alkanes of at least 4 members (excludes halogenated alkanes) is 4. The second-order valence-corrected chi connectivity index (χ2v) is 14.5. The van der Waals surface area contributed by atoms with Gasteiger partial charge in [-0.25, -0.2) is 9.59 Å². The third kappa shape index (κ3) is 12.3. The Morgan fingerprint density at radius 3 is 2.09 bits per heavy atom. The number of anilines is 2. The first-order chi connectivity index (χ1) is 26.6. The highest BCUT2D eigenvalue weighted by atomic mass is 35.5. The Kier molecular flexibility index (Phi) is 17.1. The molecular weight excluding hydrogens is 718 g/mol. The molecule has 0 aromatic heterocycles. The Balaban J connectivity index is 1.64. The van der Waals surface area contributed by atoms with E-state index in [4.69, 9.17) is 22.1 Å². The Morgan fingerprint density at radius 1 is 0.800 bits per heavy atom. The summed E-state index contributed by atoms with van der Waals surface area (Å²) >= 11 is 6.42. The maximum absolute atomic E-state index is 14.8. The van der Waals surface area contributed by atoms with E-state index in [-0.39, 0.29) is 44.7 Å². The summed E-state index contributed by atoms with van der Waals surface area (Å²) in [5.74, 6) is -0.125. The van der Waals surface area contributed by atoms with Crippen molar-refractivity contribution >= 4 is 46.9 Å². The molecule has 1 heterocycles. The van der Waals surface area contributed by atoms with Crippen LogP contribution in [0.2, 0.25) is 5.02 Å². The quantitative estimate of drug-likeness (QED) is 0.133. The zero-order valence-corrected chi connectivity index (χ0v) is 33.6. The van der Waals surface area contributed by atoms with Crippen LogP contribution in [0.4, 0.5) is 21.0 Å². The van der Waals surface area contributed by atoms with Gasteiger partial charge in [-0.3, -0.25) is 19.4 Å². The van der Waals surface area contributed by atoms with Gasteiger partial charge in [-0.05, 0) is 49.2 Å². The molecule has 4 rings (SSSR count). The summed E-state index contributed by atoms with van der Waals surface area (Å²) in [7, 11) is 3.28.